The van der Waals surface area contributed by atoms with Crippen molar-refractivity contribution < 1.29 is 68.0 Å². The Morgan fingerprint density at radius 1 is 0.520 bits per heavy atom. The van der Waals surface area contributed by atoms with E-state index >= 15 is 0 Å². The Labute approximate surface area is 795 Å². The second kappa shape index (κ2) is 54.1. The Hall–Kier alpha value is -9.20. The summed E-state index contributed by atoms with van der Waals surface area (Å²) in [7, 11) is -2.87. The molecule has 0 fully saturated rings. The number of pyridine rings is 7. The summed E-state index contributed by atoms with van der Waals surface area (Å²) in [5, 5.41) is 49.2. The molecule has 125 heavy (non-hydrogen) atoms. The van der Waals surface area contributed by atoms with E-state index in [0.717, 1.165) is 97.3 Å². The molecule has 0 unspecified atom stereocenters. The van der Waals surface area contributed by atoms with E-state index in [-0.39, 0.29) is 54.5 Å². The number of amides is 1. The number of halogens is 11. The van der Waals surface area contributed by atoms with Crippen LogP contribution in [0.5, 0.6) is 0 Å². The number of rotatable bonds is 12. The van der Waals surface area contributed by atoms with Crippen LogP contribution < -0.4 is 32.8 Å². The predicted molar refractivity (Wildman–Crippen MR) is 524 cm³/mol. The zero-order valence-corrected chi connectivity index (χ0v) is 80.3. The van der Waals surface area contributed by atoms with Crippen LogP contribution in [0.15, 0.2) is 280 Å². The van der Waals surface area contributed by atoms with Gasteiger partial charge in [0, 0.05) is 133 Å². The topological polar surface area (TPSA) is 412 Å². The molecule has 7 aromatic carbocycles. The van der Waals surface area contributed by atoms with Crippen molar-refractivity contribution in [2.75, 3.05) is 30.9 Å². The molecule has 0 spiro atoms. The normalized spacial score (nSPS) is 10.3. The molecule has 1 amide bonds. The average Bonchev–Trinajstić information content (AvgIpc) is 1.33. The minimum Gasteiger partial charge on any atom is -0.500 e. The molecule has 650 valence electrons. The predicted octanol–water partition coefficient (Wildman–Crippen LogP) is 21.0. The number of nitrogens with zero attached hydrogens (tertiary/aromatic N) is 6. The van der Waals surface area contributed by atoms with Gasteiger partial charge in [0.25, 0.3) is 0 Å². The molecular formula is C84H74B2Br6Cl5N10O16PS. The van der Waals surface area contributed by atoms with Crippen LogP contribution in [-0.2, 0) is 33.2 Å². The summed E-state index contributed by atoms with van der Waals surface area (Å²) < 4.78 is 30.3. The highest BCUT2D eigenvalue weighted by Crippen LogP contribution is 2.61. The average molecular weight is 2220 g/mol. The number of Topliss-reactive ketones (excluding diaryl/α,β-unsaturated/α-hetero) is 1. The smallest absolute Gasteiger partial charge is 0.488 e. The van der Waals surface area contributed by atoms with Crippen molar-refractivity contribution in [2.24, 2.45) is 0 Å². The number of carbonyl (C=O) groups excluding carboxylic acids is 4. The first kappa shape index (κ1) is 106. The van der Waals surface area contributed by atoms with Gasteiger partial charge in [0.2, 0.25) is 16.8 Å². The highest BCUT2D eigenvalue weighted by molar-refractivity contribution is 9.11. The molecule has 0 radical (unpaired) electrons. The van der Waals surface area contributed by atoms with E-state index in [1.54, 1.807) is 118 Å². The fraction of sp³-hybridized carbons (Fsp3) is 0.107. The van der Waals surface area contributed by atoms with E-state index in [0.29, 0.717) is 44.5 Å². The van der Waals surface area contributed by atoms with Gasteiger partial charge in [0.1, 0.15) is 23.0 Å². The van der Waals surface area contributed by atoms with Gasteiger partial charge >= 0.3 is 37.3 Å². The first-order chi connectivity index (χ1) is 58.9. The lowest BCUT2D eigenvalue weighted by molar-refractivity contribution is -0.140. The summed E-state index contributed by atoms with van der Waals surface area (Å²) in [6.45, 7) is 8.75. The van der Waals surface area contributed by atoms with Crippen molar-refractivity contribution in [1.29, 1.82) is 0 Å². The minimum atomic E-state index is -3.22. The van der Waals surface area contributed by atoms with Gasteiger partial charge < -0.3 is 60.4 Å². The number of fused-ring (bicyclic) bond motifs is 6. The number of hydrogen-bond acceptors (Lipinski definition) is 23. The van der Waals surface area contributed by atoms with Crippen molar-refractivity contribution in [3.8, 4) is 11.1 Å². The highest BCUT2D eigenvalue weighted by atomic mass is 79.9. The lowest BCUT2D eigenvalue weighted by atomic mass is 9.80. The van der Waals surface area contributed by atoms with Crippen molar-refractivity contribution in [3.63, 3.8) is 0 Å². The van der Waals surface area contributed by atoms with Gasteiger partial charge in [0.05, 0.1) is 56.6 Å². The standard InChI is InChI=1S/C14H9BrN2.C12H10BrNO3.C10H6BrNO3.C9H9BN2O3S.2C9H5BrClN.C9H14O4.C6H6BrN.C5H6BNO2.CH4.Cl3OP/c15-11-1-2-14-13(9-11)12(5-8-17-14)10-3-6-16-7-4-10;1-2-17-12(16)9-6-14-10-4-3-7(13)5-8(10)11(9)15;11-5-1-2-8-6(3-5)9(13)7(4-12-8)10(14)15;1-5(13)11-9-12-7-3-2-6(10(14)15)4-8(7)16-9;2*10-6-1-2-9-7(5-6)8(11)3-4-12-9;1-4-12-6-8(7(3)10)9(11)13-5-2;7-5-1-3-6(8)4-2-5;8-6(9)5-1-3-7-4-2-5;;1-5(2,3)4/h1-9H;3-6H,2H2,1H3,(H,14,15);1-4H,(H,12,13)(H,14,15);2-4,14-15H,1H3,(H,11,12,13);2*1-5H;6H,4-5H2,1-3H3;1-4H,8H2;1-4,8-9H;1H4;/b;;;;;;8-6+;;;;. The number of H-pyrrole nitrogens is 2. The number of aromatic nitrogens is 8. The summed E-state index contributed by atoms with van der Waals surface area (Å²) in [5.41, 5.74) is 13.2. The molecule has 0 saturated carbocycles. The molecule has 15 aromatic rings. The summed E-state index contributed by atoms with van der Waals surface area (Å²) in [5.74, 6) is -2.99. The van der Waals surface area contributed by atoms with E-state index in [1.165, 1.54) is 55.5 Å². The lowest BCUT2D eigenvalue weighted by Gasteiger charge is -2.06. The van der Waals surface area contributed by atoms with Gasteiger partial charge in [-0.05, 0) is 253 Å². The molecule has 0 atom stereocenters. The van der Waals surface area contributed by atoms with Crippen LogP contribution in [0.1, 0.15) is 62.8 Å². The van der Waals surface area contributed by atoms with Crippen LogP contribution in [0.3, 0.4) is 0 Å². The van der Waals surface area contributed by atoms with Crippen LogP contribution in [0.4, 0.5) is 10.8 Å². The van der Waals surface area contributed by atoms with Crippen LogP contribution in [0.2, 0.25) is 10.0 Å². The molecule has 26 nitrogen and oxygen atoms in total. The number of carboxylic acid groups (broad SMARTS) is 1. The molecular weight excluding hydrogens is 2150 g/mol. The molecule has 15 rings (SSSR count). The third-order valence-electron chi connectivity index (χ3n) is 15.5. The minimum absolute atomic E-state index is 0. The third-order valence-corrected chi connectivity index (χ3v) is 20.1. The lowest BCUT2D eigenvalue weighted by Crippen LogP contribution is -2.29. The monoisotopic (exact) mass is 2210 g/mol. The molecule has 0 bridgehead atoms. The molecule has 0 aliphatic heterocycles. The first-order valence-corrected chi connectivity index (χ1v) is 46.5. The summed E-state index contributed by atoms with van der Waals surface area (Å²) in [4.78, 5) is 109. The first-order valence-electron chi connectivity index (χ1n) is 35.8. The Bertz CT molecular complexity index is 6280. The second-order valence-corrected chi connectivity index (χ2v) is 38.3. The third kappa shape index (κ3) is 36.2. The van der Waals surface area contributed by atoms with E-state index < -0.39 is 42.8 Å². The van der Waals surface area contributed by atoms with Crippen LogP contribution >= 0.6 is 169 Å². The number of nitrogen functional groups attached to an aromatic ring is 1. The zero-order valence-electron chi connectivity index (χ0n) is 65.3. The molecule has 8 aromatic heterocycles. The number of aromatic amines is 2. The van der Waals surface area contributed by atoms with E-state index in [9.17, 15) is 38.1 Å². The van der Waals surface area contributed by atoms with Gasteiger partial charge in [-0.1, -0.05) is 144 Å². The van der Waals surface area contributed by atoms with Gasteiger partial charge in [-0.2, -0.15) is 0 Å². The molecule has 0 aliphatic rings. The fourth-order valence-corrected chi connectivity index (χ4v) is 13.4. The number of carbonyl (C=O) groups is 5. The molecule has 0 aliphatic carbocycles. The number of aromatic carboxylic acids is 1. The molecule has 8 heterocycles. The van der Waals surface area contributed by atoms with Crippen LogP contribution in [0, 0.1) is 0 Å². The maximum absolute atomic E-state index is 12.1. The van der Waals surface area contributed by atoms with Gasteiger partial charge in [-0.15, -0.1) is 0 Å². The van der Waals surface area contributed by atoms with Gasteiger partial charge in [-0.3, -0.25) is 48.7 Å². The van der Waals surface area contributed by atoms with Gasteiger partial charge in [-0.25, -0.2) is 19.4 Å². The Morgan fingerprint density at radius 2 is 0.936 bits per heavy atom. The zero-order chi connectivity index (χ0) is 91.3. The molecule has 41 heteroatoms. The van der Waals surface area contributed by atoms with Crippen LogP contribution in [0.25, 0.3) is 75.9 Å². The number of ether oxygens (including phenoxy) is 3. The van der Waals surface area contributed by atoms with Crippen LogP contribution in [-0.4, -0.2) is 129 Å². The quantitative estimate of drug-likeness (QED) is 0.00801. The summed E-state index contributed by atoms with van der Waals surface area (Å²) in [6, 6.07) is 53.3. The summed E-state index contributed by atoms with van der Waals surface area (Å²) >= 11 is 47.1. The number of esters is 2. The fourth-order valence-electron chi connectivity index (χ4n) is 9.93. The number of thiazole rings is 1. The Kier molecular flexibility index (Phi) is 46.0. The van der Waals surface area contributed by atoms with E-state index in [2.05, 4.69) is 185 Å². The highest BCUT2D eigenvalue weighted by Gasteiger charge is 2.19. The Balaban J connectivity index is 0.000000250. The van der Waals surface area contributed by atoms with E-state index in [4.69, 9.17) is 63.6 Å². The number of benzene rings is 7. The number of ketones is 1. The number of carboxylic acids is 1. The van der Waals surface area contributed by atoms with E-state index in [1.807, 2.05) is 103 Å². The molecule has 0 saturated heterocycles. The SMILES string of the molecule is Brc1ccc2nccc(-c3ccncc3)c2c1.C.CC(=O)Nc1nc2ccc(B(O)O)cc2s1.CCO/C=C(\C(C)=O)C(=O)OCC.CCOC(=O)c1c[nH]c2ccc(Br)cc2c1=O.Clc1ccnc2ccc(Br)cc12.Clc1ccnc2ccc(Br)cc12.Nc1ccc(Br)cc1.O=C(O)c1c[nH]c2ccc(Br)cc2c1=O.O=P(Cl)(Cl)Cl.OB(O)c1ccncc1. The van der Waals surface area contributed by atoms with Gasteiger partial charge in [0.15, 0.2) is 10.9 Å². The van der Waals surface area contributed by atoms with Crippen molar-refractivity contribution in [1.82, 2.24) is 39.9 Å². The maximum atomic E-state index is 12.1. The van der Waals surface area contributed by atoms with Crippen molar-refractivity contribution >= 4 is 299 Å². The number of nitrogens with one attached hydrogen (secondary N) is 3. The number of hydrogen-bond donors (Lipinski definition) is 9. The number of anilines is 2. The summed E-state index contributed by atoms with van der Waals surface area (Å²) in [6.07, 6.45) is 15.6. The Morgan fingerprint density at radius 3 is 1.37 bits per heavy atom. The number of nitrogens with two attached hydrogens (primary N) is 1. The maximum Gasteiger partial charge on any atom is 0.488 e. The van der Waals surface area contributed by atoms with Crippen molar-refractivity contribution in [2.45, 2.75) is 42.0 Å². The van der Waals surface area contributed by atoms with Crippen molar-refractivity contribution in [3.05, 3.63) is 312 Å². The molecule has 10 N–H and O–H groups in total. The largest absolute Gasteiger partial charge is 0.500 e. The second-order valence-electron chi connectivity index (χ2n) is 24.3.